The molecule has 2 unspecified atom stereocenters. The molecule has 34 heavy (non-hydrogen) atoms. The van der Waals surface area contributed by atoms with Gasteiger partial charge in [0, 0.05) is 27.2 Å². The summed E-state index contributed by atoms with van der Waals surface area (Å²) < 4.78 is -1.33. The van der Waals surface area contributed by atoms with Crippen molar-refractivity contribution in [3.8, 4) is 0 Å². The number of hydrogen-bond acceptors (Lipinski definition) is 5. The molecule has 0 saturated heterocycles. The molecule has 1 saturated carbocycles. The van der Waals surface area contributed by atoms with Gasteiger partial charge in [-0.25, -0.2) is 0 Å². The normalized spacial score (nSPS) is 18.3. The van der Waals surface area contributed by atoms with Gasteiger partial charge in [-0.15, -0.1) is 33.4 Å². The number of nitrogens with zero attached hydrogens (tertiary/aromatic N) is 2. The van der Waals surface area contributed by atoms with Crippen LogP contribution in [0.5, 0.6) is 0 Å². The predicted molar refractivity (Wildman–Crippen MR) is 137 cm³/mol. The Bertz CT molecular complexity index is 1250. The van der Waals surface area contributed by atoms with Crippen LogP contribution in [0, 0.1) is 5.92 Å². The van der Waals surface area contributed by atoms with Crippen LogP contribution < -0.4 is 10.6 Å². The number of alkyl halides is 2. The summed E-state index contributed by atoms with van der Waals surface area (Å²) in [6, 6.07) is 12.6. The minimum Gasteiger partial charge on any atom is -0.361 e. The molecule has 1 aromatic heterocycles. The van der Waals surface area contributed by atoms with E-state index >= 15 is 0 Å². The lowest BCUT2D eigenvalue weighted by Gasteiger charge is -2.10. The minimum atomic E-state index is -1.33. The highest BCUT2D eigenvalue weighted by molar-refractivity contribution is 6.53. The number of ketones is 1. The lowest BCUT2D eigenvalue weighted by molar-refractivity contribution is -0.117. The second-order valence-electron chi connectivity index (χ2n) is 7.53. The number of carbonyl (C=O) groups excluding carboxylic acids is 2. The number of anilines is 2. The van der Waals surface area contributed by atoms with Crippen LogP contribution in [0.15, 0.2) is 48.5 Å². The highest BCUT2D eigenvalue weighted by Crippen LogP contribution is 2.65. The molecule has 2 aromatic carbocycles. The van der Waals surface area contributed by atoms with Crippen LogP contribution >= 0.6 is 69.6 Å². The summed E-state index contributed by atoms with van der Waals surface area (Å²) in [5, 5.41) is 14.4. The summed E-state index contributed by atoms with van der Waals surface area (Å²) in [5.74, 6) is -1.60. The van der Waals surface area contributed by atoms with Gasteiger partial charge in [0.2, 0.25) is 5.91 Å². The first kappa shape index (κ1) is 25.3. The van der Waals surface area contributed by atoms with E-state index in [4.69, 9.17) is 69.6 Å². The van der Waals surface area contributed by atoms with Gasteiger partial charge in [-0.1, -0.05) is 46.4 Å². The standard InChI is InChI=1S/C22H14Cl6N4O2/c23-11-5-10(6-12(24)7-11)19-20(22(19,27)28)21(34)30-13-1-2-15(25)14(8-13)16(33)9-29-18-4-3-17(26)31-32-18/h1-8,19-20H,9H2,(H,29,32)(H,30,34). The van der Waals surface area contributed by atoms with Crippen LogP contribution in [0.3, 0.4) is 0 Å². The number of hydrogen-bond donors (Lipinski definition) is 2. The molecule has 0 bridgehead atoms. The topological polar surface area (TPSA) is 84.0 Å². The second kappa shape index (κ2) is 10.1. The van der Waals surface area contributed by atoms with Crippen molar-refractivity contribution in [3.05, 3.63) is 79.9 Å². The maximum absolute atomic E-state index is 12.9. The van der Waals surface area contributed by atoms with E-state index in [1.807, 2.05) is 0 Å². The Morgan fingerprint density at radius 3 is 2.26 bits per heavy atom. The maximum atomic E-state index is 12.9. The van der Waals surface area contributed by atoms with Crippen molar-refractivity contribution >= 4 is 92.8 Å². The zero-order chi connectivity index (χ0) is 24.6. The molecule has 1 amide bonds. The van der Waals surface area contributed by atoms with Gasteiger partial charge >= 0.3 is 0 Å². The quantitative estimate of drug-likeness (QED) is 0.235. The number of nitrogens with one attached hydrogen (secondary N) is 2. The van der Waals surface area contributed by atoms with Crippen LogP contribution in [-0.2, 0) is 4.79 Å². The largest absolute Gasteiger partial charge is 0.361 e. The van der Waals surface area contributed by atoms with Crippen molar-refractivity contribution in [3.63, 3.8) is 0 Å². The first-order chi connectivity index (χ1) is 16.1. The van der Waals surface area contributed by atoms with Crippen LogP contribution in [0.2, 0.25) is 20.2 Å². The smallest absolute Gasteiger partial charge is 0.231 e. The molecule has 6 nitrogen and oxygen atoms in total. The van der Waals surface area contributed by atoms with Crippen molar-refractivity contribution in [2.75, 3.05) is 17.2 Å². The van der Waals surface area contributed by atoms with E-state index in [1.165, 1.54) is 12.1 Å². The van der Waals surface area contributed by atoms with Crippen molar-refractivity contribution in [2.45, 2.75) is 10.3 Å². The van der Waals surface area contributed by atoms with E-state index in [9.17, 15) is 9.59 Å². The molecule has 0 aliphatic heterocycles. The monoisotopic (exact) mass is 576 g/mol. The minimum absolute atomic E-state index is 0.0971. The fourth-order valence-corrected chi connectivity index (χ4v) is 5.23. The van der Waals surface area contributed by atoms with Gasteiger partial charge in [0.25, 0.3) is 0 Å². The fraction of sp³-hybridized carbons (Fsp3) is 0.182. The number of carbonyl (C=O) groups is 2. The summed E-state index contributed by atoms with van der Waals surface area (Å²) in [6.07, 6.45) is 0. The van der Waals surface area contributed by atoms with Gasteiger partial charge in [0.15, 0.2) is 10.9 Å². The molecule has 1 aliphatic carbocycles. The van der Waals surface area contributed by atoms with Crippen LogP contribution in [0.4, 0.5) is 11.5 Å². The Morgan fingerprint density at radius 1 is 0.912 bits per heavy atom. The van der Waals surface area contributed by atoms with E-state index in [-0.39, 0.29) is 28.1 Å². The van der Waals surface area contributed by atoms with Crippen LogP contribution in [-0.4, -0.2) is 32.8 Å². The zero-order valence-electron chi connectivity index (χ0n) is 17.0. The maximum Gasteiger partial charge on any atom is 0.231 e. The lowest BCUT2D eigenvalue weighted by atomic mass is 10.1. The highest BCUT2D eigenvalue weighted by Gasteiger charge is 2.67. The summed E-state index contributed by atoms with van der Waals surface area (Å²) in [6.45, 7) is -0.0971. The van der Waals surface area contributed by atoms with E-state index in [0.29, 0.717) is 27.1 Å². The number of amides is 1. The lowest BCUT2D eigenvalue weighted by Crippen LogP contribution is -2.18. The molecule has 0 spiro atoms. The predicted octanol–water partition coefficient (Wildman–Crippen LogP) is 6.91. The summed E-state index contributed by atoms with van der Waals surface area (Å²) >= 11 is 36.9. The molecule has 12 heteroatoms. The number of halogens is 6. The second-order valence-corrected chi connectivity index (χ2v) is 10.6. The third-order valence-electron chi connectivity index (χ3n) is 5.18. The van der Waals surface area contributed by atoms with E-state index < -0.39 is 22.1 Å². The third-order valence-corrected chi connectivity index (χ3v) is 7.08. The van der Waals surface area contributed by atoms with Crippen LogP contribution in [0.1, 0.15) is 21.8 Å². The van der Waals surface area contributed by atoms with Gasteiger partial charge < -0.3 is 10.6 Å². The van der Waals surface area contributed by atoms with Crippen molar-refractivity contribution in [1.29, 1.82) is 0 Å². The fourth-order valence-electron chi connectivity index (χ4n) is 3.54. The Morgan fingerprint density at radius 2 is 1.62 bits per heavy atom. The van der Waals surface area contributed by atoms with Gasteiger partial charge in [0.05, 0.1) is 17.5 Å². The molecule has 0 radical (unpaired) electrons. The highest BCUT2D eigenvalue weighted by atomic mass is 35.5. The number of rotatable bonds is 7. The average molecular weight is 579 g/mol. The molecule has 2 N–H and O–H groups in total. The molecular weight excluding hydrogens is 565 g/mol. The first-order valence-corrected chi connectivity index (χ1v) is 12.0. The molecule has 2 atom stereocenters. The van der Waals surface area contributed by atoms with Gasteiger partial charge in [-0.05, 0) is 54.1 Å². The molecular formula is C22H14Cl6N4O2. The Kier molecular flexibility index (Phi) is 7.48. The summed E-state index contributed by atoms with van der Waals surface area (Å²) in [4.78, 5) is 25.6. The van der Waals surface area contributed by atoms with Crippen molar-refractivity contribution in [2.24, 2.45) is 5.92 Å². The first-order valence-electron chi connectivity index (χ1n) is 9.77. The number of benzene rings is 2. The molecule has 1 aliphatic rings. The Hall–Kier alpha value is -1.80. The van der Waals surface area contributed by atoms with E-state index in [0.717, 1.165) is 0 Å². The molecule has 4 rings (SSSR count). The summed E-state index contributed by atoms with van der Waals surface area (Å²) in [5.41, 5.74) is 1.24. The SMILES string of the molecule is O=C(CNc1ccc(Cl)nn1)c1cc(NC(=O)C2C(c3cc(Cl)cc(Cl)c3)C2(Cl)Cl)ccc1Cl. The molecule has 1 heterocycles. The van der Waals surface area contributed by atoms with Gasteiger partial charge in [-0.3, -0.25) is 9.59 Å². The van der Waals surface area contributed by atoms with Gasteiger partial charge in [0.1, 0.15) is 10.2 Å². The Balaban J connectivity index is 1.45. The van der Waals surface area contributed by atoms with Crippen molar-refractivity contribution in [1.82, 2.24) is 10.2 Å². The van der Waals surface area contributed by atoms with E-state index in [1.54, 1.807) is 36.4 Å². The number of aromatic nitrogens is 2. The molecule has 1 fully saturated rings. The van der Waals surface area contributed by atoms with Gasteiger partial charge in [-0.2, -0.15) is 0 Å². The molecule has 176 valence electrons. The van der Waals surface area contributed by atoms with E-state index in [2.05, 4.69) is 20.8 Å². The third kappa shape index (κ3) is 5.54. The van der Waals surface area contributed by atoms with Crippen molar-refractivity contribution < 1.29 is 9.59 Å². The van der Waals surface area contributed by atoms with Crippen LogP contribution in [0.25, 0.3) is 0 Å². The number of Topliss-reactive ketones (excluding diaryl/α,β-unsaturated/α-hetero) is 1. The average Bonchev–Trinajstić information content (AvgIpc) is 3.36. The summed E-state index contributed by atoms with van der Waals surface area (Å²) in [7, 11) is 0. The molecule has 3 aromatic rings. The zero-order valence-corrected chi connectivity index (χ0v) is 21.5. The Labute approximate surface area is 224 Å².